The Hall–Kier alpha value is -2.11. The van der Waals surface area contributed by atoms with Gasteiger partial charge in [0.05, 0.1) is 0 Å². The SMILES string of the molecule is Cc1cc(C)nc(N2CC(c3cc(=O)n(C)[nH]3)C2)n1. The van der Waals surface area contributed by atoms with Crippen LogP contribution in [0.25, 0.3) is 0 Å². The van der Waals surface area contributed by atoms with Gasteiger partial charge in [-0.1, -0.05) is 0 Å². The van der Waals surface area contributed by atoms with Crippen LogP contribution < -0.4 is 10.5 Å². The lowest BCUT2D eigenvalue weighted by Gasteiger charge is -2.38. The zero-order valence-electron chi connectivity index (χ0n) is 11.3. The smallest absolute Gasteiger partial charge is 0.266 e. The van der Waals surface area contributed by atoms with Crippen molar-refractivity contribution in [1.82, 2.24) is 19.7 Å². The Morgan fingerprint density at radius 1 is 1.21 bits per heavy atom. The van der Waals surface area contributed by atoms with Crippen molar-refractivity contribution in [1.29, 1.82) is 0 Å². The van der Waals surface area contributed by atoms with Crippen LogP contribution >= 0.6 is 0 Å². The van der Waals surface area contributed by atoms with Gasteiger partial charge in [-0.05, 0) is 19.9 Å². The lowest BCUT2D eigenvalue weighted by Crippen LogP contribution is -2.46. The molecule has 1 N–H and O–H groups in total. The van der Waals surface area contributed by atoms with E-state index in [1.54, 1.807) is 13.1 Å². The molecule has 0 spiro atoms. The minimum absolute atomic E-state index is 0.0103. The van der Waals surface area contributed by atoms with Gasteiger partial charge in [-0.15, -0.1) is 0 Å². The lowest BCUT2D eigenvalue weighted by molar-refractivity contribution is 0.496. The van der Waals surface area contributed by atoms with Crippen LogP contribution in [0.2, 0.25) is 0 Å². The van der Waals surface area contributed by atoms with E-state index in [0.717, 1.165) is 36.1 Å². The normalized spacial score (nSPS) is 15.6. The maximum atomic E-state index is 11.4. The summed E-state index contributed by atoms with van der Waals surface area (Å²) < 4.78 is 1.51. The Balaban J connectivity index is 1.74. The number of aromatic nitrogens is 4. The fourth-order valence-electron chi connectivity index (χ4n) is 2.41. The highest BCUT2D eigenvalue weighted by molar-refractivity contribution is 5.39. The van der Waals surface area contributed by atoms with Gasteiger partial charge in [0.15, 0.2) is 0 Å². The zero-order valence-corrected chi connectivity index (χ0v) is 11.3. The van der Waals surface area contributed by atoms with Gasteiger partial charge in [0, 0.05) is 49.2 Å². The average molecular weight is 259 g/mol. The number of nitrogens with one attached hydrogen (secondary N) is 1. The summed E-state index contributed by atoms with van der Waals surface area (Å²) in [6.07, 6.45) is 0. The van der Waals surface area contributed by atoms with E-state index in [4.69, 9.17) is 0 Å². The van der Waals surface area contributed by atoms with Crippen LogP contribution in [0.4, 0.5) is 5.95 Å². The van der Waals surface area contributed by atoms with E-state index in [1.807, 2.05) is 19.9 Å². The van der Waals surface area contributed by atoms with Crippen molar-refractivity contribution in [3.8, 4) is 0 Å². The molecular formula is C13H17N5O. The summed E-state index contributed by atoms with van der Waals surface area (Å²) in [6, 6.07) is 3.64. The van der Waals surface area contributed by atoms with Gasteiger partial charge in [-0.3, -0.25) is 14.6 Å². The third-order valence-electron chi connectivity index (χ3n) is 3.48. The molecule has 6 nitrogen and oxygen atoms in total. The van der Waals surface area contributed by atoms with Gasteiger partial charge >= 0.3 is 0 Å². The van der Waals surface area contributed by atoms with Gasteiger partial charge in [-0.25, -0.2) is 9.97 Å². The predicted molar refractivity (Wildman–Crippen MR) is 72.5 cm³/mol. The van der Waals surface area contributed by atoms with Crippen molar-refractivity contribution in [2.24, 2.45) is 7.05 Å². The van der Waals surface area contributed by atoms with Crippen LogP contribution in [0.1, 0.15) is 23.0 Å². The molecule has 1 saturated heterocycles. The predicted octanol–water partition coefficient (Wildman–Crippen LogP) is 0.724. The van der Waals surface area contributed by atoms with E-state index >= 15 is 0 Å². The fraction of sp³-hybridized carbons (Fsp3) is 0.462. The second-order valence-corrected chi connectivity index (χ2v) is 5.16. The van der Waals surface area contributed by atoms with Crippen LogP contribution in [-0.4, -0.2) is 32.8 Å². The number of hydrogen-bond acceptors (Lipinski definition) is 4. The summed E-state index contributed by atoms with van der Waals surface area (Å²) >= 11 is 0. The molecule has 0 aliphatic carbocycles. The molecule has 19 heavy (non-hydrogen) atoms. The molecule has 3 heterocycles. The van der Waals surface area contributed by atoms with E-state index in [2.05, 4.69) is 20.0 Å². The Bertz CT molecular complexity index is 646. The molecule has 6 heteroatoms. The van der Waals surface area contributed by atoms with Crippen molar-refractivity contribution in [2.45, 2.75) is 19.8 Å². The van der Waals surface area contributed by atoms with Crippen LogP contribution in [-0.2, 0) is 7.05 Å². The molecule has 3 rings (SSSR count). The third-order valence-corrected chi connectivity index (χ3v) is 3.48. The average Bonchev–Trinajstić information content (AvgIpc) is 2.55. The molecule has 0 amide bonds. The van der Waals surface area contributed by atoms with Gasteiger partial charge < -0.3 is 4.90 Å². The number of hydrogen-bond donors (Lipinski definition) is 1. The topological polar surface area (TPSA) is 66.8 Å². The van der Waals surface area contributed by atoms with Crippen LogP contribution in [0.5, 0.6) is 0 Å². The maximum Gasteiger partial charge on any atom is 0.266 e. The molecule has 1 fully saturated rings. The molecule has 2 aromatic heterocycles. The van der Waals surface area contributed by atoms with Gasteiger partial charge in [0.25, 0.3) is 5.56 Å². The molecule has 0 aromatic carbocycles. The van der Waals surface area contributed by atoms with Gasteiger partial charge in [0.1, 0.15) is 0 Å². The van der Waals surface area contributed by atoms with Crippen molar-refractivity contribution in [3.05, 3.63) is 39.6 Å². The zero-order chi connectivity index (χ0) is 13.6. The molecule has 0 atom stereocenters. The largest absolute Gasteiger partial charge is 0.339 e. The van der Waals surface area contributed by atoms with E-state index in [9.17, 15) is 4.79 Å². The number of aryl methyl sites for hydroxylation is 3. The van der Waals surface area contributed by atoms with Crippen LogP contribution in [0.15, 0.2) is 16.9 Å². The van der Waals surface area contributed by atoms with Gasteiger partial charge in [0.2, 0.25) is 5.95 Å². The van der Waals surface area contributed by atoms with Crippen LogP contribution in [0, 0.1) is 13.8 Å². The quantitative estimate of drug-likeness (QED) is 0.863. The minimum atomic E-state index is 0.0103. The summed E-state index contributed by atoms with van der Waals surface area (Å²) in [5, 5.41) is 3.08. The Morgan fingerprint density at radius 2 is 1.84 bits per heavy atom. The van der Waals surface area contributed by atoms with E-state index in [1.165, 1.54) is 4.68 Å². The summed E-state index contributed by atoms with van der Waals surface area (Å²) in [5.41, 5.74) is 2.97. The number of aromatic amines is 1. The van der Waals surface area contributed by atoms with Crippen molar-refractivity contribution < 1.29 is 0 Å². The van der Waals surface area contributed by atoms with E-state index in [0.29, 0.717) is 5.92 Å². The number of anilines is 1. The standard InChI is InChI=1S/C13H17N5O/c1-8-4-9(2)15-13(14-8)18-6-10(7-18)11-5-12(19)17(3)16-11/h4-5,10,16H,6-7H2,1-3H3. The summed E-state index contributed by atoms with van der Waals surface area (Å²) in [5.74, 6) is 1.14. The number of rotatable bonds is 2. The summed E-state index contributed by atoms with van der Waals surface area (Å²) in [6.45, 7) is 5.65. The number of nitrogens with zero attached hydrogens (tertiary/aromatic N) is 4. The fourth-order valence-corrected chi connectivity index (χ4v) is 2.41. The highest BCUT2D eigenvalue weighted by atomic mass is 16.1. The van der Waals surface area contributed by atoms with Crippen molar-refractivity contribution >= 4 is 5.95 Å². The van der Waals surface area contributed by atoms with Crippen molar-refractivity contribution in [3.63, 3.8) is 0 Å². The second kappa shape index (κ2) is 4.22. The first kappa shape index (κ1) is 12.0. The molecule has 0 saturated carbocycles. The first-order chi connectivity index (χ1) is 9.02. The Morgan fingerprint density at radius 3 is 2.37 bits per heavy atom. The molecule has 100 valence electrons. The highest BCUT2D eigenvalue weighted by Crippen LogP contribution is 2.28. The maximum absolute atomic E-state index is 11.4. The number of H-pyrrole nitrogens is 1. The van der Waals surface area contributed by atoms with Crippen molar-refractivity contribution in [2.75, 3.05) is 18.0 Å². The third kappa shape index (κ3) is 2.14. The van der Waals surface area contributed by atoms with E-state index < -0.39 is 0 Å². The molecule has 1 aliphatic heterocycles. The Labute approximate surface area is 111 Å². The first-order valence-electron chi connectivity index (χ1n) is 6.36. The molecule has 0 radical (unpaired) electrons. The second-order valence-electron chi connectivity index (χ2n) is 5.16. The van der Waals surface area contributed by atoms with Gasteiger partial charge in [-0.2, -0.15) is 0 Å². The molecule has 0 bridgehead atoms. The monoisotopic (exact) mass is 259 g/mol. The van der Waals surface area contributed by atoms with Crippen LogP contribution in [0.3, 0.4) is 0 Å². The summed E-state index contributed by atoms with van der Waals surface area (Å²) in [7, 11) is 1.73. The molecular weight excluding hydrogens is 242 g/mol. The minimum Gasteiger partial charge on any atom is -0.339 e. The Kier molecular flexibility index (Phi) is 2.66. The molecule has 1 aliphatic rings. The highest BCUT2D eigenvalue weighted by Gasteiger charge is 2.31. The molecule has 0 unspecified atom stereocenters. The molecule has 2 aromatic rings. The first-order valence-corrected chi connectivity index (χ1v) is 6.36. The summed E-state index contributed by atoms with van der Waals surface area (Å²) in [4.78, 5) is 22.4. The van der Waals surface area contributed by atoms with E-state index in [-0.39, 0.29) is 5.56 Å². The lowest BCUT2D eigenvalue weighted by atomic mass is 9.97.